The maximum Gasteiger partial charge on any atom is 0.309 e. The number of rotatable bonds is 14. The van der Waals surface area contributed by atoms with Gasteiger partial charge in [-0.1, -0.05) is 87.5 Å². The van der Waals surface area contributed by atoms with Crippen molar-refractivity contribution in [2.45, 2.75) is 71.5 Å². The molecule has 226 valence electrons. The summed E-state index contributed by atoms with van der Waals surface area (Å²) in [6, 6.07) is 16.9. The average Bonchev–Trinajstić information content (AvgIpc) is 2.97. The van der Waals surface area contributed by atoms with Crippen LogP contribution in [0.1, 0.15) is 56.7 Å². The zero-order valence-electron chi connectivity index (χ0n) is 25.3. The van der Waals surface area contributed by atoms with Crippen LogP contribution in [0.15, 0.2) is 79.9 Å². The van der Waals surface area contributed by atoms with E-state index in [9.17, 15) is 19.5 Å². The van der Waals surface area contributed by atoms with Gasteiger partial charge in [-0.05, 0) is 47.8 Å². The fourth-order valence-corrected chi connectivity index (χ4v) is 5.30. The molecular formula is C35H46N2O5. The molecule has 0 bridgehead atoms. The van der Waals surface area contributed by atoms with E-state index in [-0.39, 0.29) is 49.4 Å². The van der Waals surface area contributed by atoms with Crippen molar-refractivity contribution in [3.8, 4) is 0 Å². The molecule has 0 unspecified atom stereocenters. The Bertz CT molecular complexity index is 1220. The van der Waals surface area contributed by atoms with Crippen LogP contribution in [0.25, 0.3) is 0 Å². The minimum absolute atomic E-state index is 0.00828. The molecule has 7 heteroatoms. The topological polar surface area (TPSA) is 95.9 Å². The summed E-state index contributed by atoms with van der Waals surface area (Å²) in [4.78, 5) is 41.8. The van der Waals surface area contributed by atoms with E-state index in [1.807, 2.05) is 75.4 Å². The van der Waals surface area contributed by atoms with Gasteiger partial charge in [-0.3, -0.25) is 14.4 Å². The predicted molar refractivity (Wildman–Crippen MR) is 165 cm³/mol. The minimum atomic E-state index is -0.640. The van der Waals surface area contributed by atoms with E-state index < -0.39 is 17.4 Å². The maximum atomic E-state index is 13.5. The molecule has 3 rings (SSSR count). The number of hydrogen-bond donors (Lipinski definition) is 2. The first kappa shape index (κ1) is 32.8. The molecule has 2 aromatic rings. The highest BCUT2D eigenvalue weighted by atomic mass is 16.5. The second-order valence-corrected chi connectivity index (χ2v) is 12.2. The number of carbonyl (C=O) groups is 3. The zero-order chi connectivity index (χ0) is 30.7. The molecule has 4 atom stereocenters. The molecule has 0 aromatic heterocycles. The van der Waals surface area contributed by atoms with E-state index in [2.05, 4.69) is 18.5 Å². The van der Waals surface area contributed by atoms with Gasteiger partial charge in [-0.2, -0.15) is 0 Å². The van der Waals surface area contributed by atoms with Crippen LogP contribution < -0.4 is 5.32 Å². The molecule has 2 amide bonds. The summed E-state index contributed by atoms with van der Waals surface area (Å²) >= 11 is 0. The summed E-state index contributed by atoms with van der Waals surface area (Å²) in [6.45, 7) is 13.8. The van der Waals surface area contributed by atoms with E-state index in [1.54, 1.807) is 17.1 Å². The summed E-state index contributed by atoms with van der Waals surface area (Å²) < 4.78 is 5.77. The van der Waals surface area contributed by atoms with Crippen molar-refractivity contribution >= 4 is 17.8 Å². The van der Waals surface area contributed by atoms with Gasteiger partial charge in [0.25, 0.3) is 0 Å². The van der Waals surface area contributed by atoms with Gasteiger partial charge in [0.2, 0.25) is 11.8 Å². The van der Waals surface area contributed by atoms with Gasteiger partial charge in [0.15, 0.2) is 0 Å². The highest BCUT2D eigenvalue weighted by Gasteiger charge is 2.34. The van der Waals surface area contributed by atoms with Gasteiger partial charge < -0.3 is 20.1 Å². The SMILES string of the molecule is C=CC[C@H](CC(=O)N1Cc2ccccc2C[C@H]1CO)C(=O)N[C@H](COC(=O)[C@@H](CC=C)Cc1ccccc1)C(C)(C)C. The Morgan fingerprint density at radius 2 is 1.62 bits per heavy atom. The van der Waals surface area contributed by atoms with Crippen molar-refractivity contribution in [1.29, 1.82) is 0 Å². The number of benzene rings is 2. The van der Waals surface area contributed by atoms with Crippen molar-refractivity contribution in [3.05, 3.63) is 96.6 Å². The Morgan fingerprint density at radius 1 is 1.00 bits per heavy atom. The van der Waals surface area contributed by atoms with E-state index >= 15 is 0 Å². The zero-order valence-corrected chi connectivity index (χ0v) is 25.3. The molecule has 0 saturated carbocycles. The number of fused-ring (bicyclic) bond motifs is 1. The third-order valence-electron chi connectivity index (χ3n) is 7.99. The lowest BCUT2D eigenvalue weighted by Gasteiger charge is -2.37. The van der Waals surface area contributed by atoms with Crippen molar-refractivity contribution < 1.29 is 24.2 Å². The minimum Gasteiger partial charge on any atom is -0.463 e. The van der Waals surface area contributed by atoms with Crippen molar-refractivity contribution in [1.82, 2.24) is 10.2 Å². The Kier molecular flexibility index (Phi) is 12.1. The molecule has 1 aliphatic rings. The van der Waals surface area contributed by atoms with Gasteiger partial charge in [-0.25, -0.2) is 0 Å². The summed E-state index contributed by atoms with van der Waals surface area (Å²) in [5, 5.41) is 13.1. The number of nitrogens with one attached hydrogen (secondary N) is 1. The smallest absolute Gasteiger partial charge is 0.309 e. The normalized spacial score (nSPS) is 16.9. The summed E-state index contributed by atoms with van der Waals surface area (Å²) in [5.41, 5.74) is 2.81. The lowest BCUT2D eigenvalue weighted by Crippen LogP contribution is -2.51. The van der Waals surface area contributed by atoms with Gasteiger partial charge in [0.05, 0.1) is 30.5 Å². The number of aliphatic hydroxyl groups excluding tert-OH is 1. The monoisotopic (exact) mass is 574 g/mol. The van der Waals surface area contributed by atoms with E-state index in [4.69, 9.17) is 4.74 Å². The molecular weight excluding hydrogens is 528 g/mol. The largest absolute Gasteiger partial charge is 0.463 e. The third kappa shape index (κ3) is 9.15. The van der Waals surface area contributed by atoms with Crippen LogP contribution in [0, 0.1) is 17.3 Å². The van der Waals surface area contributed by atoms with Crippen molar-refractivity contribution in [2.75, 3.05) is 13.2 Å². The molecule has 0 spiro atoms. The number of ether oxygens (including phenoxy) is 1. The molecule has 1 aliphatic heterocycles. The molecule has 0 radical (unpaired) electrons. The van der Waals surface area contributed by atoms with Crippen LogP contribution in [0.5, 0.6) is 0 Å². The van der Waals surface area contributed by atoms with Crippen LogP contribution in [0.2, 0.25) is 0 Å². The highest BCUT2D eigenvalue weighted by molar-refractivity contribution is 5.86. The van der Waals surface area contributed by atoms with Gasteiger partial charge in [-0.15, -0.1) is 13.2 Å². The van der Waals surface area contributed by atoms with Gasteiger partial charge in [0.1, 0.15) is 6.61 Å². The Balaban J connectivity index is 1.66. The average molecular weight is 575 g/mol. The molecule has 0 fully saturated rings. The Labute approximate surface area is 250 Å². The second-order valence-electron chi connectivity index (χ2n) is 12.2. The number of nitrogens with zero attached hydrogens (tertiary/aromatic N) is 1. The van der Waals surface area contributed by atoms with Crippen LogP contribution in [0.3, 0.4) is 0 Å². The molecule has 0 saturated heterocycles. The lowest BCUT2D eigenvalue weighted by atomic mass is 9.86. The van der Waals surface area contributed by atoms with Crippen LogP contribution in [-0.2, 0) is 38.5 Å². The first-order valence-corrected chi connectivity index (χ1v) is 14.8. The van der Waals surface area contributed by atoms with E-state index in [1.165, 1.54) is 0 Å². The summed E-state index contributed by atoms with van der Waals surface area (Å²) in [6.07, 6.45) is 5.27. The molecule has 2 aromatic carbocycles. The summed E-state index contributed by atoms with van der Waals surface area (Å²) in [7, 11) is 0. The first-order valence-electron chi connectivity index (χ1n) is 14.8. The maximum absolute atomic E-state index is 13.5. The molecule has 0 aliphatic carbocycles. The fourth-order valence-electron chi connectivity index (χ4n) is 5.30. The number of hydrogen-bond acceptors (Lipinski definition) is 5. The van der Waals surface area contributed by atoms with Gasteiger partial charge in [0, 0.05) is 13.0 Å². The molecule has 7 nitrogen and oxygen atoms in total. The number of allylic oxidation sites excluding steroid dienone is 2. The number of esters is 1. The van der Waals surface area contributed by atoms with Crippen molar-refractivity contribution in [3.63, 3.8) is 0 Å². The number of aliphatic hydroxyl groups is 1. The van der Waals surface area contributed by atoms with Crippen LogP contribution in [-0.4, -0.2) is 53.1 Å². The number of amides is 2. The fraction of sp³-hybridized carbons (Fsp3) is 0.457. The van der Waals surface area contributed by atoms with Gasteiger partial charge >= 0.3 is 5.97 Å². The molecule has 2 N–H and O–H groups in total. The predicted octanol–water partition coefficient (Wildman–Crippen LogP) is 5.02. The highest BCUT2D eigenvalue weighted by Crippen LogP contribution is 2.26. The Morgan fingerprint density at radius 3 is 2.24 bits per heavy atom. The number of carbonyl (C=O) groups excluding carboxylic acids is 3. The molecule has 42 heavy (non-hydrogen) atoms. The van der Waals surface area contributed by atoms with Crippen LogP contribution in [0.4, 0.5) is 0 Å². The first-order chi connectivity index (χ1) is 20.1. The van der Waals surface area contributed by atoms with Crippen LogP contribution >= 0.6 is 0 Å². The van der Waals surface area contributed by atoms with Crippen molar-refractivity contribution in [2.24, 2.45) is 17.3 Å². The van der Waals surface area contributed by atoms with E-state index in [0.29, 0.717) is 32.2 Å². The third-order valence-corrected chi connectivity index (χ3v) is 7.99. The molecule has 1 heterocycles. The second kappa shape index (κ2) is 15.5. The quantitative estimate of drug-likeness (QED) is 0.244. The Hall–Kier alpha value is -3.71. The lowest BCUT2D eigenvalue weighted by molar-refractivity contribution is -0.151. The van der Waals surface area contributed by atoms with E-state index in [0.717, 1.165) is 16.7 Å². The standard InChI is InChI=1S/C35H46N2O5/c1-6-13-27(21-32(39)37-22-29-18-12-11-17-26(29)20-30(37)23-38)33(40)36-31(35(3,4)5)24-42-34(41)28(14-7-2)19-25-15-9-8-10-16-25/h6-12,15-18,27-28,30-31,38H,1-2,13-14,19-24H2,3-5H3,(H,36,40)/t27-,28+,30+,31-/m1/s1. The summed E-state index contributed by atoms with van der Waals surface area (Å²) in [5.74, 6) is -1.82.